The zero-order valence-electron chi connectivity index (χ0n) is 5.50. The highest BCUT2D eigenvalue weighted by Crippen LogP contribution is 2.10. The lowest BCUT2D eigenvalue weighted by molar-refractivity contribution is -0.134. The molecule has 0 spiro atoms. The van der Waals surface area contributed by atoms with Crippen LogP contribution in [0.2, 0.25) is 0 Å². The van der Waals surface area contributed by atoms with Crippen molar-refractivity contribution in [3.8, 4) is 0 Å². The van der Waals surface area contributed by atoms with Gasteiger partial charge in [-0.3, -0.25) is 0 Å². The van der Waals surface area contributed by atoms with Crippen molar-refractivity contribution in [1.82, 2.24) is 0 Å². The van der Waals surface area contributed by atoms with Crippen LogP contribution in [0.4, 0.5) is 0 Å². The Hall–Kier alpha value is -1.12. The molecule has 1 rings (SSSR count). The first-order valence-corrected chi connectivity index (χ1v) is 3.13. The molecule has 0 aromatic carbocycles. The van der Waals surface area contributed by atoms with Gasteiger partial charge in [0.15, 0.2) is 0 Å². The van der Waals surface area contributed by atoms with Crippen molar-refractivity contribution >= 4 is 12.3 Å². The minimum atomic E-state index is -0.291. The molecule has 54 valence electrons. The summed E-state index contributed by atoms with van der Waals surface area (Å²) in [5.74, 6) is -0.291. The maximum absolute atomic E-state index is 10.4. The van der Waals surface area contributed by atoms with Gasteiger partial charge in [-0.25, -0.2) is 4.79 Å². The molecule has 0 aromatic heterocycles. The number of ether oxygens (including phenoxy) is 1. The van der Waals surface area contributed by atoms with E-state index < -0.39 is 0 Å². The normalized spacial score (nSPS) is 16.4. The lowest BCUT2D eigenvalue weighted by Gasteiger charge is -1.92. The second kappa shape index (κ2) is 3.15. The Balaban J connectivity index is 2.35. The van der Waals surface area contributed by atoms with Gasteiger partial charge in [-0.05, 0) is 12.0 Å². The highest BCUT2D eigenvalue weighted by molar-refractivity contribution is 5.85. The van der Waals surface area contributed by atoms with Crippen LogP contribution in [-0.2, 0) is 14.3 Å². The van der Waals surface area contributed by atoms with Crippen molar-refractivity contribution in [2.45, 2.75) is 12.8 Å². The summed E-state index contributed by atoms with van der Waals surface area (Å²) >= 11 is 0. The summed E-state index contributed by atoms with van der Waals surface area (Å²) in [6, 6.07) is 0. The van der Waals surface area contributed by atoms with Crippen LogP contribution in [0.25, 0.3) is 0 Å². The van der Waals surface area contributed by atoms with Gasteiger partial charge >= 0.3 is 5.97 Å². The summed E-state index contributed by atoms with van der Waals surface area (Å²) < 4.78 is 4.62. The second-order valence-corrected chi connectivity index (χ2v) is 2.12. The molecule has 3 heteroatoms. The maximum Gasteiger partial charge on any atom is 0.331 e. The van der Waals surface area contributed by atoms with E-state index in [1.807, 2.05) is 0 Å². The van der Waals surface area contributed by atoms with E-state index in [-0.39, 0.29) is 5.97 Å². The predicted octanol–water partition coefficient (Wildman–Crippen LogP) is 0.449. The lowest BCUT2D eigenvalue weighted by Crippen LogP contribution is -1.91. The molecule has 10 heavy (non-hydrogen) atoms. The van der Waals surface area contributed by atoms with Crippen LogP contribution in [-0.4, -0.2) is 18.9 Å². The van der Waals surface area contributed by atoms with Crippen LogP contribution in [0.15, 0.2) is 11.6 Å². The molecule has 1 aliphatic rings. The summed E-state index contributed by atoms with van der Waals surface area (Å²) in [6.45, 7) is 0.368. The number of carbonyl (C=O) groups excluding carboxylic acids is 2. The third-order valence-corrected chi connectivity index (χ3v) is 1.31. The Morgan fingerprint density at radius 3 is 3.00 bits per heavy atom. The van der Waals surface area contributed by atoms with Gasteiger partial charge in [-0.1, -0.05) is 0 Å². The quantitative estimate of drug-likeness (QED) is 0.422. The maximum atomic E-state index is 10.4. The molecule has 1 heterocycles. The van der Waals surface area contributed by atoms with Gasteiger partial charge in [-0.2, -0.15) is 0 Å². The molecule has 0 unspecified atom stereocenters. The zero-order valence-corrected chi connectivity index (χ0v) is 5.50. The molecule has 0 amide bonds. The van der Waals surface area contributed by atoms with Gasteiger partial charge < -0.3 is 9.53 Å². The average Bonchev–Trinajstić information content (AvgIpc) is 2.31. The molecule has 3 nitrogen and oxygen atoms in total. The standard InChI is InChI=1S/C7H8O3/c8-3-1-2-6-4-7(9)10-5-6/h3-4H,1-2,5H2. The SMILES string of the molecule is O=CCCC1=CC(=O)OC1. The van der Waals surface area contributed by atoms with E-state index in [1.54, 1.807) is 0 Å². The molecule has 0 bridgehead atoms. The minimum absolute atomic E-state index is 0.291. The molecular weight excluding hydrogens is 132 g/mol. The Labute approximate surface area is 58.7 Å². The van der Waals surface area contributed by atoms with Gasteiger partial charge in [0.2, 0.25) is 0 Å². The van der Waals surface area contributed by atoms with Crippen molar-refractivity contribution in [1.29, 1.82) is 0 Å². The average molecular weight is 140 g/mol. The first kappa shape index (κ1) is 6.99. The van der Waals surface area contributed by atoms with Crippen LogP contribution >= 0.6 is 0 Å². The Morgan fingerprint density at radius 1 is 1.70 bits per heavy atom. The lowest BCUT2D eigenvalue weighted by atomic mass is 10.2. The second-order valence-electron chi connectivity index (χ2n) is 2.12. The monoisotopic (exact) mass is 140 g/mol. The summed E-state index contributed by atoms with van der Waals surface area (Å²) in [7, 11) is 0. The van der Waals surface area contributed by atoms with Gasteiger partial charge in [-0.15, -0.1) is 0 Å². The van der Waals surface area contributed by atoms with Crippen molar-refractivity contribution in [2.75, 3.05) is 6.61 Å². The fraction of sp³-hybridized carbons (Fsp3) is 0.429. The van der Waals surface area contributed by atoms with Crippen molar-refractivity contribution in [2.24, 2.45) is 0 Å². The number of cyclic esters (lactones) is 1. The Morgan fingerprint density at radius 2 is 2.50 bits per heavy atom. The summed E-state index contributed by atoms with van der Waals surface area (Å²) in [5.41, 5.74) is 0.914. The molecule has 1 aliphatic heterocycles. The number of rotatable bonds is 3. The number of carbonyl (C=O) groups is 2. The predicted molar refractivity (Wildman–Crippen MR) is 34.3 cm³/mol. The summed E-state index contributed by atoms with van der Waals surface area (Å²) in [6.07, 6.45) is 3.41. The van der Waals surface area contributed by atoms with E-state index in [4.69, 9.17) is 0 Å². The van der Waals surface area contributed by atoms with E-state index in [9.17, 15) is 9.59 Å². The molecule has 0 radical (unpaired) electrons. The number of esters is 1. The molecule has 0 saturated heterocycles. The first-order valence-electron chi connectivity index (χ1n) is 3.13. The van der Waals surface area contributed by atoms with Gasteiger partial charge in [0.25, 0.3) is 0 Å². The summed E-state index contributed by atoms with van der Waals surface area (Å²) in [4.78, 5) is 20.3. The van der Waals surface area contributed by atoms with E-state index in [0.29, 0.717) is 19.4 Å². The first-order chi connectivity index (χ1) is 4.83. The van der Waals surface area contributed by atoms with E-state index in [0.717, 1.165) is 11.9 Å². The van der Waals surface area contributed by atoms with Gasteiger partial charge in [0, 0.05) is 12.5 Å². The van der Waals surface area contributed by atoms with Crippen LogP contribution in [0, 0.1) is 0 Å². The van der Waals surface area contributed by atoms with E-state index in [1.165, 1.54) is 6.08 Å². The van der Waals surface area contributed by atoms with Crippen LogP contribution in [0.5, 0.6) is 0 Å². The van der Waals surface area contributed by atoms with E-state index >= 15 is 0 Å². The molecule has 0 fully saturated rings. The third kappa shape index (κ3) is 1.69. The highest BCUT2D eigenvalue weighted by Gasteiger charge is 2.11. The minimum Gasteiger partial charge on any atom is -0.458 e. The third-order valence-electron chi connectivity index (χ3n) is 1.31. The van der Waals surface area contributed by atoms with Crippen LogP contribution in [0.1, 0.15) is 12.8 Å². The smallest absolute Gasteiger partial charge is 0.331 e. The fourth-order valence-electron chi connectivity index (χ4n) is 0.802. The van der Waals surface area contributed by atoms with Crippen molar-refractivity contribution in [3.63, 3.8) is 0 Å². The molecule has 0 saturated carbocycles. The molecule has 0 aliphatic carbocycles. The molecule has 0 aromatic rings. The fourth-order valence-corrected chi connectivity index (χ4v) is 0.802. The van der Waals surface area contributed by atoms with Crippen LogP contribution < -0.4 is 0 Å². The Bertz CT molecular complexity index is 181. The molecule has 0 atom stereocenters. The zero-order chi connectivity index (χ0) is 7.40. The molecule has 0 N–H and O–H groups in total. The largest absolute Gasteiger partial charge is 0.458 e. The Kier molecular flexibility index (Phi) is 2.20. The number of aldehydes is 1. The topological polar surface area (TPSA) is 43.4 Å². The van der Waals surface area contributed by atoms with Gasteiger partial charge in [0.1, 0.15) is 12.9 Å². The number of hydrogen-bond donors (Lipinski definition) is 0. The van der Waals surface area contributed by atoms with Gasteiger partial charge in [0.05, 0.1) is 0 Å². The summed E-state index contributed by atoms with van der Waals surface area (Å²) in [5, 5.41) is 0. The van der Waals surface area contributed by atoms with E-state index in [2.05, 4.69) is 4.74 Å². The van der Waals surface area contributed by atoms with Crippen LogP contribution in [0.3, 0.4) is 0 Å². The number of hydrogen-bond acceptors (Lipinski definition) is 3. The highest BCUT2D eigenvalue weighted by atomic mass is 16.5. The van der Waals surface area contributed by atoms with Crippen molar-refractivity contribution in [3.05, 3.63) is 11.6 Å². The van der Waals surface area contributed by atoms with Crippen molar-refractivity contribution < 1.29 is 14.3 Å². The molecular formula is C7H8O3.